The second-order valence-corrected chi connectivity index (χ2v) is 5.36. The largest absolute Gasteiger partial charge is 0.481 e. The minimum Gasteiger partial charge on any atom is -0.481 e. The lowest BCUT2D eigenvalue weighted by Gasteiger charge is -2.38. The number of carboxylic acids is 1. The van der Waals surface area contributed by atoms with Gasteiger partial charge in [-0.1, -0.05) is 26.2 Å². The molecule has 0 aromatic carbocycles. The smallest absolute Gasteiger partial charge is 0.303 e. The van der Waals surface area contributed by atoms with E-state index in [-0.39, 0.29) is 11.8 Å². The molecule has 0 aromatic heterocycles. The van der Waals surface area contributed by atoms with E-state index in [0.29, 0.717) is 6.54 Å². The normalized spacial score (nSPS) is 30.2. The van der Waals surface area contributed by atoms with E-state index < -0.39 is 5.97 Å². The maximum Gasteiger partial charge on any atom is 0.303 e. The molecule has 0 aromatic rings. The second kappa shape index (κ2) is 6.24. The van der Waals surface area contributed by atoms with E-state index in [1.54, 1.807) is 0 Å². The van der Waals surface area contributed by atoms with Crippen molar-refractivity contribution in [1.82, 2.24) is 0 Å². The van der Waals surface area contributed by atoms with Gasteiger partial charge in [0.05, 0.1) is 6.42 Å². The molecule has 1 aliphatic rings. The Hall–Kier alpha value is -0.570. The molecule has 3 N–H and O–H groups in total. The third-order valence-electron chi connectivity index (χ3n) is 4.09. The molecule has 1 rings (SSSR count). The quantitative estimate of drug-likeness (QED) is 0.733. The van der Waals surface area contributed by atoms with E-state index in [1.165, 1.54) is 32.1 Å². The maximum atomic E-state index is 10.8. The summed E-state index contributed by atoms with van der Waals surface area (Å²) < 4.78 is 0. The number of rotatable bonds is 6. The molecule has 0 heterocycles. The predicted octanol–water partition coefficient (Wildman–Crippen LogP) is 2.79. The summed E-state index contributed by atoms with van der Waals surface area (Å²) in [6.07, 6.45) is 8.48. The van der Waals surface area contributed by atoms with Crippen LogP contribution in [-0.4, -0.2) is 17.6 Å². The van der Waals surface area contributed by atoms with Crippen molar-refractivity contribution in [2.24, 2.45) is 17.1 Å². The van der Waals surface area contributed by atoms with Crippen LogP contribution in [0, 0.1) is 11.3 Å². The van der Waals surface area contributed by atoms with E-state index in [0.717, 1.165) is 18.8 Å². The van der Waals surface area contributed by atoms with E-state index in [1.807, 2.05) is 0 Å². The first-order valence-electron chi connectivity index (χ1n) is 6.54. The Labute approximate surface area is 98.4 Å². The molecule has 0 aliphatic heterocycles. The number of nitrogens with two attached hydrogens (primary N) is 1. The van der Waals surface area contributed by atoms with Crippen LogP contribution in [0.4, 0.5) is 0 Å². The summed E-state index contributed by atoms with van der Waals surface area (Å²) >= 11 is 0. The van der Waals surface area contributed by atoms with Crippen LogP contribution in [-0.2, 0) is 4.79 Å². The molecule has 0 bridgehead atoms. The van der Waals surface area contributed by atoms with Gasteiger partial charge < -0.3 is 10.8 Å². The Morgan fingerprint density at radius 1 is 1.44 bits per heavy atom. The van der Waals surface area contributed by atoms with E-state index >= 15 is 0 Å². The molecule has 0 unspecified atom stereocenters. The number of carboxylic acid groups (broad SMARTS) is 1. The van der Waals surface area contributed by atoms with Gasteiger partial charge in [0.15, 0.2) is 0 Å². The van der Waals surface area contributed by atoms with Crippen LogP contribution >= 0.6 is 0 Å². The predicted molar refractivity (Wildman–Crippen MR) is 65.2 cm³/mol. The van der Waals surface area contributed by atoms with Crippen LogP contribution in [0.2, 0.25) is 0 Å². The van der Waals surface area contributed by atoms with Gasteiger partial charge in [0, 0.05) is 0 Å². The SMILES string of the molecule is CCCCC1CCC(CN)(CC(=O)O)CC1. The third-order valence-corrected chi connectivity index (χ3v) is 4.09. The standard InChI is InChI=1S/C13H25NO2/c1-2-3-4-11-5-7-13(10-14,8-6-11)9-12(15)16/h11H,2-10,14H2,1H3,(H,15,16). The van der Waals surface area contributed by atoms with Gasteiger partial charge in [0.2, 0.25) is 0 Å². The van der Waals surface area contributed by atoms with E-state index in [2.05, 4.69) is 6.92 Å². The van der Waals surface area contributed by atoms with Gasteiger partial charge in [-0.3, -0.25) is 4.79 Å². The molecule has 3 heteroatoms. The van der Waals surface area contributed by atoms with E-state index in [9.17, 15) is 4.79 Å². The Balaban J connectivity index is 2.40. The summed E-state index contributed by atoms with van der Waals surface area (Å²) in [5.74, 6) is 0.117. The summed E-state index contributed by atoms with van der Waals surface area (Å²) in [5.41, 5.74) is 5.67. The zero-order valence-corrected chi connectivity index (χ0v) is 10.4. The zero-order valence-electron chi connectivity index (χ0n) is 10.4. The molecule has 0 saturated heterocycles. The van der Waals surface area contributed by atoms with Gasteiger partial charge in [0.25, 0.3) is 0 Å². The molecule has 0 spiro atoms. The monoisotopic (exact) mass is 227 g/mol. The average molecular weight is 227 g/mol. The minimum absolute atomic E-state index is 0.103. The van der Waals surface area contributed by atoms with Gasteiger partial charge in [-0.15, -0.1) is 0 Å². The van der Waals surface area contributed by atoms with Crippen LogP contribution in [0.5, 0.6) is 0 Å². The van der Waals surface area contributed by atoms with Crippen molar-refractivity contribution in [2.45, 2.75) is 58.3 Å². The zero-order chi connectivity index (χ0) is 12.0. The van der Waals surface area contributed by atoms with Crippen molar-refractivity contribution in [2.75, 3.05) is 6.54 Å². The number of aliphatic carboxylic acids is 1. The molecule has 0 atom stereocenters. The molecule has 3 nitrogen and oxygen atoms in total. The molecular weight excluding hydrogens is 202 g/mol. The number of hydrogen-bond acceptors (Lipinski definition) is 2. The van der Waals surface area contributed by atoms with Gasteiger partial charge in [-0.25, -0.2) is 0 Å². The lowest BCUT2D eigenvalue weighted by Crippen LogP contribution is -2.36. The summed E-state index contributed by atoms with van der Waals surface area (Å²) in [6, 6.07) is 0. The highest BCUT2D eigenvalue weighted by Crippen LogP contribution is 2.42. The molecule has 16 heavy (non-hydrogen) atoms. The maximum absolute atomic E-state index is 10.8. The summed E-state index contributed by atoms with van der Waals surface area (Å²) in [7, 11) is 0. The van der Waals surface area contributed by atoms with Crippen LogP contribution < -0.4 is 5.73 Å². The Kier molecular flexibility index (Phi) is 5.26. The Morgan fingerprint density at radius 3 is 2.50 bits per heavy atom. The van der Waals surface area contributed by atoms with Gasteiger partial charge >= 0.3 is 5.97 Å². The fourth-order valence-electron chi connectivity index (χ4n) is 2.85. The Morgan fingerprint density at radius 2 is 2.06 bits per heavy atom. The van der Waals surface area contributed by atoms with Crippen LogP contribution in [0.25, 0.3) is 0 Å². The highest BCUT2D eigenvalue weighted by atomic mass is 16.4. The van der Waals surface area contributed by atoms with Crippen molar-refractivity contribution < 1.29 is 9.90 Å². The molecule has 1 fully saturated rings. The highest BCUT2D eigenvalue weighted by Gasteiger charge is 2.35. The first kappa shape index (κ1) is 13.5. The topological polar surface area (TPSA) is 63.3 Å². The second-order valence-electron chi connectivity index (χ2n) is 5.36. The number of carbonyl (C=O) groups is 1. The molecule has 1 aliphatic carbocycles. The summed E-state index contributed by atoms with van der Waals surface area (Å²) in [6.45, 7) is 2.75. The van der Waals surface area contributed by atoms with Gasteiger partial charge in [-0.05, 0) is 43.6 Å². The van der Waals surface area contributed by atoms with Crippen LogP contribution in [0.3, 0.4) is 0 Å². The van der Waals surface area contributed by atoms with Crippen LogP contribution in [0.1, 0.15) is 58.3 Å². The summed E-state index contributed by atoms with van der Waals surface area (Å²) in [5, 5.41) is 8.91. The van der Waals surface area contributed by atoms with Crippen molar-refractivity contribution >= 4 is 5.97 Å². The van der Waals surface area contributed by atoms with Gasteiger partial charge in [-0.2, -0.15) is 0 Å². The Bertz CT molecular complexity index is 220. The van der Waals surface area contributed by atoms with Crippen LogP contribution in [0.15, 0.2) is 0 Å². The third kappa shape index (κ3) is 3.78. The minimum atomic E-state index is -0.697. The van der Waals surface area contributed by atoms with Gasteiger partial charge in [0.1, 0.15) is 0 Å². The van der Waals surface area contributed by atoms with Crippen molar-refractivity contribution in [3.8, 4) is 0 Å². The first-order chi connectivity index (χ1) is 7.62. The number of hydrogen-bond donors (Lipinski definition) is 2. The van der Waals surface area contributed by atoms with E-state index in [4.69, 9.17) is 10.8 Å². The number of unbranched alkanes of at least 4 members (excludes halogenated alkanes) is 1. The first-order valence-corrected chi connectivity index (χ1v) is 6.54. The summed E-state index contributed by atoms with van der Waals surface area (Å²) in [4.78, 5) is 10.8. The molecule has 1 saturated carbocycles. The lowest BCUT2D eigenvalue weighted by molar-refractivity contribution is -0.140. The average Bonchev–Trinajstić information content (AvgIpc) is 2.27. The fourth-order valence-corrected chi connectivity index (χ4v) is 2.85. The molecule has 94 valence electrons. The van der Waals surface area contributed by atoms with Crippen molar-refractivity contribution in [1.29, 1.82) is 0 Å². The highest BCUT2D eigenvalue weighted by molar-refractivity contribution is 5.67. The fraction of sp³-hybridized carbons (Fsp3) is 0.923. The molecule has 0 radical (unpaired) electrons. The van der Waals surface area contributed by atoms with Crippen molar-refractivity contribution in [3.63, 3.8) is 0 Å². The van der Waals surface area contributed by atoms with Crippen molar-refractivity contribution in [3.05, 3.63) is 0 Å². The lowest BCUT2D eigenvalue weighted by atomic mass is 9.68. The molecule has 0 amide bonds. The molecular formula is C13H25NO2.